The zero-order valence-electron chi connectivity index (χ0n) is 8.26. The van der Waals surface area contributed by atoms with Crippen molar-refractivity contribution in [2.45, 2.75) is 12.8 Å². The smallest absolute Gasteiger partial charge is 0.359 e. The highest BCUT2D eigenvalue weighted by Crippen LogP contribution is 2.10. The normalized spacial score (nSPS) is 18.7. The van der Waals surface area contributed by atoms with Crippen LogP contribution in [0.5, 0.6) is 0 Å². The molecule has 0 aliphatic carbocycles. The van der Waals surface area contributed by atoms with E-state index in [0.717, 1.165) is 12.8 Å². The van der Waals surface area contributed by atoms with Gasteiger partial charge in [0.15, 0.2) is 0 Å². The molecule has 0 radical (unpaired) electrons. The lowest BCUT2D eigenvalue weighted by Gasteiger charge is -2.16. The Bertz CT molecular complexity index is 304. The summed E-state index contributed by atoms with van der Waals surface area (Å²) in [5.41, 5.74) is 0. The van der Waals surface area contributed by atoms with Gasteiger partial charge in [0.05, 0.1) is 0 Å². The van der Waals surface area contributed by atoms with Gasteiger partial charge in [-0.15, -0.1) is 0 Å². The van der Waals surface area contributed by atoms with E-state index in [4.69, 9.17) is 0 Å². The summed E-state index contributed by atoms with van der Waals surface area (Å²) in [7, 11) is 0. The molecule has 0 unspecified atom stereocenters. The number of hydrogen-bond acceptors (Lipinski definition) is 3. The lowest BCUT2D eigenvalue weighted by molar-refractivity contribution is 0.115. The van der Waals surface area contributed by atoms with Crippen LogP contribution in [0.1, 0.15) is 12.8 Å². The first-order chi connectivity index (χ1) is 7.27. The van der Waals surface area contributed by atoms with Gasteiger partial charge in [0.2, 0.25) is 0 Å². The summed E-state index contributed by atoms with van der Waals surface area (Å²) >= 11 is 0. The maximum atomic E-state index is 11.4. The molecule has 0 saturated heterocycles. The number of hydrogen-bond donors (Lipinski definition) is 0. The Morgan fingerprint density at radius 3 is 1.73 bits per heavy atom. The van der Waals surface area contributed by atoms with E-state index in [1.54, 1.807) is 12.4 Å². The summed E-state index contributed by atoms with van der Waals surface area (Å²) in [4.78, 5) is 25.6. The molecule has 5 heteroatoms. The molecule has 0 fully saturated rings. The first-order valence-electron chi connectivity index (χ1n) is 4.90. The standard InChI is InChI=1S/C10H12N2O3/c13-9(11-5-1-2-6-11)15-10(14)12-7-3-4-8-12/h1,3,5,7H,2,4,6,8H2. The summed E-state index contributed by atoms with van der Waals surface area (Å²) in [6.45, 7) is 1.17. The van der Waals surface area contributed by atoms with Crippen LogP contribution < -0.4 is 0 Å². The Morgan fingerprint density at radius 1 is 0.933 bits per heavy atom. The van der Waals surface area contributed by atoms with Crippen LogP contribution in [0, 0.1) is 0 Å². The average Bonchev–Trinajstić information content (AvgIpc) is 2.91. The van der Waals surface area contributed by atoms with Gasteiger partial charge in [-0.1, -0.05) is 12.2 Å². The van der Waals surface area contributed by atoms with Gasteiger partial charge in [0.25, 0.3) is 0 Å². The van der Waals surface area contributed by atoms with Crippen LogP contribution >= 0.6 is 0 Å². The molecule has 15 heavy (non-hydrogen) atoms. The van der Waals surface area contributed by atoms with Gasteiger partial charge in [0.1, 0.15) is 0 Å². The predicted molar refractivity (Wildman–Crippen MR) is 52.8 cm³/mol. The van der Waals surface area contributed by atoms with Crippen molar-refractivity contribution in [3.63, 3.8) is 0 Å². The van der Waals surface area contributed by atoms with Crippen LogP contribution in [-0.4, -0.2) is 35.1 Å². The van der Waals surface area contributed by atoms with Crippen molar-refractivity contribution in [3.8, 4) is 0 Å². The molecule has 2 heterocycles. The van der Waals surface area contributed by atoms with Gasteiger partial charge in [-0.2, -0.15) is 0 Å². The van der Waals surface area contributed by atoms with Crippen LogP contribution in [0.4, 0.5) is 9.59 Å². The summed E-state index contributed by atoms with van der Waals surface area (Å²) in [5.74, 6) is 0. The van der Waals surface area contributed by atoms with Gasteiger partial charge in [-0.3, -0.25) is 9.80 Å². The maximum Gasteiger partial charge on any atom is 0.422 e. The predicted octanol–water partition coefficient (Wildman–Crippen LogP) is 1.68. The molecule has 0 aromatic carbocycles. The Hall–Kier alpha value is -1.78. The van der Waals surface area contributed by atoms with Gasteiger partial charge in [-0.25, -0.2) is 9.59 Å². The van der Waals surface area contributed by atoms with E-state index < -0.39 is 12.2 Å². The fourth-order valence-corrected chi connectivity index (χ4v) is 1.48. The topological polar surface area (TPSA) is 49.9 Å². The van der Waals surface area contributed by atoms with Crippen LogP contribution in [0.15, 0.2) is 24.6 Å². The van der Waals surface area contributed by atoms with E-state index in [0.29, 0.717) is 13.1 Å². The first-order valence-corrected chi connectivity index (χ1v) is 4.90. The van der Waals surface area contributed by atoms with Gasteiger partial charge in [-0.05, 0) is 12.8 Å². The molecule has 0 aromatic heterocycles. The molecule has 0 saturated carbocycles. The van der Waals surface area contributed by atoms with Crippen molar-refractivity contribution in [1.82, 2.24) is 9.80 Å². The van der Waals surface area contributed by atoms with Crippen LogP contribution in [0.3, 0.4) is 0 Å². The van der Waals surface area contributed by atoms with Crippen LogP contribution in [-0.2, 0) is 4.74 Å². The van der Waals surface area contributed by atoms with Crippen LogP contribution in [0.25, 0.3) is 0 Å². The quantitative estimate of drug-likeness (QED) is 0.569. The summed E-state index contributed by atoms with van der Waals surface area (Å²) in [6.07, 6.45) is 7.41. The van der Waals surface area contributed by atoms with E-state index in [1.165, 1.54) is 9.80 Å². The molecule has 0 aromatic rings. The second-order valence-corrected chi connectivity index (χ2v) is 3.37. The van der Waals surface area contributed by atoms with E-state index >= 15 is 0 Å². The van der Waals surface area contributed by atoms with Gasteiger partial charge in [0, 0.05) is 25.5 Å². The number of ether oxygens (including phenoxy) is 1. The van der Waals surface area contributed by atoms with Crippen molar-refractivity contribution >= 4 is 12.2 Å². The lowest BCUT2D eigenvalue weighted by Crippen LogP contribution is -2.32. The number of rotatable bonds is 0. The molecule has 0 spiro atoms. The molecule has 5 nitrogen and oxygen atoms in total. The van der Waals surface area contributed by atoms with Crippen molar-refractivity contribution in [2.75, 3.05) is 13.1 Å². The largest absolute Gasteiger partial charge is 0.422 e. The Balaban J connectivity index is 1.85. The zero-order chi connectivity index (χ0) is 10.7. The zero-order valence-corrected chi connectivity index (χ0v) is 8.26. The monoisotopic (exact) mass is 208 g/mol. The highest BCUT2D eigenvalue weighted by atomic mass is 16.6. The summed E-state index contributed by atoms with van der Waals surface area (Å²) in [5, 5.41) is 0. The molecular formula is C10H12N2O3. The van der Waals surface area contributed by atoms with E-state index in [9.17, 15) is 9.59 Å². The minimum atomic E-state index is -0.603. The third-order valence-electron chi connectivity index (χ3n) is 2.29. The Labute approximate surface area is 87.6 Å². The maximum absolute atomic E-state index is 11.4. The molecule has 2 aliphatic rings. The number of carbonyl (C=O) groups excluding carboxylic acids is 2. The highest BCUT2D eigenvalue weighted by molar-refractivity contribution is 5.84. The minimum absolute atomic E-state index is 0.585. The highest BCUT2D eigenvalue weighted by Gasteiger charge is 2.22. The summed E-state index contributed by atoms with van der Waals surface area (Å²) < 4.78 is 4.69. The number of amides is 2. The number of carbonyl (C=O) groups is 2. The Kier molecular flexibility index (Phi) is 2.71. The minimum Gasteiger partial charge on any atom is -0.359 e. The van der Waals surface area contributed by atoms with E-state index in [2.05, 4.69) is 4.74 Å². The second-order valence-electron chi connectivity index (χ2n) is 3.37. The second kappa shape index (κ2) is 4.16. The van der Waals surface area contributed by atoms with Crippen molar-refractivity contribution in [1.29, 1.82) is 0 Å². The molecule has 0 atom stereocenters. The fourth-order valence-electron chi connectivity index (χ4n) is 1.48. The fraction of sp³-hybridized carbons (Fsp3) is 0.400. The molecular weight excluding hydrogens is 196 g/mol. The average molecular weight is 208 g/mol. The molecule has 0 bridgehead atoms. The van der Waals surface area contributed by atoms with Crippen molar-refractivity contribution in [3.05, 3.63) is 24.6 Å². The molecule has 2 amide bonds. The van der Waals surface area contributed by atoms with Crippen molar-refractivity contribution < 1.29 is 14.3 Å². The van der Waals surface area contributed by atoms with Crippen LogP contribution in [0.2, 0.25) is 0 Å². The SMILES string of the molecule is O=C(OC(=O)N1C=CCC1)N1C=CCC1. The van der Waals surface area contributed by atoms with Crippen molar-refractivity contribution in [2.24, 2.45) is 0 Å². The molecule has 2 aliphatic heterocycles. The third kappa shape index (κ3) is 2.18. The molecule has 80 valence electrons. The summed E-state index contributed by atoms with van der Waals surface area (Å²) in [6, 6.07) is 0. The first kappa shape index (κ1) is 9.76. The third-order valence-corrected chi connectivity index (χ3v) is 2.29. The van der Waals surface area contributed by atoms with E-state index in [-0.39, 0.29) is 0 Å². The number of nitrogens with zero attached hydrogens (tertiary/aromatic N) is 2. The van der Waals surface area contributed by atoms with E-state index in [1.807, 2.05) is 12.2 Å². The van der Waals surface area contributed by atoms with Gasteiger partial charge >= 0.3 is 12.2 Å². The Morgan fingerprint density at radius 2 is 1.40 bits per heavy atom. The van der Waals surface area contributed by atoms with Gasteiger partial charge < -0.3 is 4.74 Å². The lowest BCUT2D eigenvalue weighted by atomic mass is 10.5. The molecule has 2 rings (SSSR count). The molecule has 0 N–H and O–H groups in total.